The van der Waals surface area contributed by atoms with Gasteiger partial charge >= 0.3 is 6.18 Å². The van der Waals surface area contributed by atoms with E-state index in [1.165, 1.54) is 24.3 Å². The Morgan fingerprint density at radius 1 is 1.41 bits per heavy atom. The van der Waals surface area contributed by atoms with Gasteiger partial charge in [0.05, 0.1) is 11.7 Å². The van der Waals surface area contributed by atoms with Gasteiger partial charge in [-0.1, -0.05) is 23.4 Å². The standard InChI is InChI=1S/C14H13F3N2O3/c1-8-6-11(19-22-8)13(21)18-7-12(20)9-4-2-3-5-10(9)14(15,16)17/h2-6,12,20H,7H2,1H3,(H,18,21)/t12-/m0/s1. The Labute approximate surface area is 123 Å². The van der Waals surface area contributed by atoms with Crippen LogP contribution in [-0.2, 0) is 6.18 Å². The van der Waals surface area contributed by atoms with Gasteiger partial charge < -0.3 is 14.9 Å². The van der Waals surface area contributed by atoms with Gasteiger partial charge in [-0.3, -0.25) is 4.79 Å². The molecule has 0 radical (unpaired) electrons. The third-order valence-electron chi connectivity index (χ3n) is 2.94. The number of benzene rings is 1. The van der Waals surface area contributed by atoms with Crippen molar-refractivity contribution in [3.63, 3.8) is 0 Å². The van der Waals surface area contributed by atoms with Gasteiger partial charge in [0.15, 0.2) is 5.69 Å². The number of carbonyl (C=O) groups is 1. The zero-order chi connectivity index (χ0) is 16.3. The Kier molecular flexibility index (Phi) is 4.51. The van der Waals surface area contributed by atoms with Crippen molar-refractivity contribution in [2.45, 2.75) is 19.2 Å². The summed E-state index contributed by atoms with van der Waals surface area (Å²) in [6.07, 6.45) is -6.07. The van der Waals surface area contributed by atoms with Gasteiger partial charge in [0.1, 0.15) is 5.76 Å². The third kappa shape index (κ3) is 3.64. The van der Waals surface area contributed by atoms with Crippen LogP contribution in [0.15, 0.2) is 34.9 Å². The topological polar surface area (TPSA) is 75.4 Å². The average Bonchev–Trinajstić information content (AvgIpc) is 2.90. The lowest BCUT2D eigenvalue weighted by molar-refractivity contribution is -0.139. The second-order valence-electron chi connectivity index (χ2n) is 4.63. The van der Waals surface area contributed by atoms with E-state index in [1.807, 2.05) is 0 Å². The average molecular weight is 314 g/mol. The number of aryl methyl sites for hydroxylation is 1. The second-order valence-corrected chi connectivity index (χ2v) is 4.63. The fourth-order valence-corrected chi connectivity index (χ4v) is 1.91. The van der Waals surface area contributed by atoms with E-state index in [9.17, 15) is 23.1 Å². The maximum Gasteiger partial charge on any atom is 0.416 e. The first kappa shape index (κ1) is 16.0. The zero-order valence-corrected chi connectivity index (χ0v) is 11.5. The first-order chi connectivity index (χ1) is 10.3. The molecule has 0 saturated heterocycles. The van der Waals surface area contributed by atoms with E-state index in [4.69, 9.17) is 4.52 Å². The van der Waals surface area contributed by atoms with Crippen LogP contribution in [0.1, 0.15) is 33.5 Å². The van der Waals surface area contributed by atoms with Crippen LogP contribution in [0.25, 0.3) is 0 Å². The molecule has 1 atom stereocenters. The number of carbonyl (C=O) groups excluding carboxylic acids is 1. The van der Waals surface area contributed by atoms with Gasteiger partial charge in [0.2, 0.25) is 0 Å². The van der Waals surface area contributed by atoms with E-state index < -0.39 is 23.8 Å². The van der Waals surface area contributed by atoms with Crippen LogP contribution in [0.2, 0.25) is 0 Å². The number of aromatic nitrogens is 1. The first-order valence-electron chi connectivity index (χ1n) is 6.34. The molecule has 1 heterocycles. The maximum absolute atomic E-state index is 12.9. The summed E-state index contributed by atoms with van der Waals surface area (Å²) in [5.41, 5.74) is -1.24. The summed E-state index contributed by atoms with van der Waals surface area (Å²) in [6.45, 7) is 1.22. The number of halogens is 3. The number of amides is 1. The summed E-state index contributed by atoms with van der Waals surface area (Å²) in [6, 6.07) is 6.04. The van der Waals surface area contributed by atoms with Crippen molar-refractivity contribution in [1.82, 2.24) is 10.5 Å². The molecule has 8 heteroatoms. The van der Waals surface area contributed by atoms with Gasteiger partial charge in [-0.15, -0.1) is 0 Å². The molecule has 0 aliphatic rings. The Bertz CT molecular complexity index is 667. The lowest BCUT2D eigenvalue weighted by atomic mass is 10.0. The molecule has 0 aliphatic heterocycles. The summed E-state index contributed by atoms with van der Waals surface area (Å²) in [7, 11) is 0. The van der Waals surface area contributed by atoms with Crippen molar-refractivity contribution in [2.75, 3.05) is 6.54 Å². The molecule has 0 aliphatic carbocycles. The number of alkyl halides is 3. The van der Waals surface area contributed by atoms with Crippen molar-refractivity contribution in [2.24, 2.45) is 0 Å². The largest absolute Gasteiger partial charge is 0.416 e. The third-order valence-corrected chi connectivity index (χ3v) is 2.94. The Hall–Kier alpha value is -2.35. The lowest BCUT2D eigenvalue weighted by Gasteiger charge is -2.17. The summed E-state index contributed by atoms with van der Waals surface area (Å²) >= 11 is 0. The van der Waals surface area contributed by atoms with E-state index in [0.717, 1.165) is 6.07 Å². The van der Waals surface area contributed by atoms with E-state index in [2.05, 4.69) is 10.5 Å². The van der Waals surface area contributed by atoms with Crippen LogP contribution in [0.3, 0.4) is 0 Å². The van der Waals surface area contributed by atoms with Gasteiger partial charge in [0, 0.05) is 12.6 Å². The number of aliphatic hydroxyl groups excluding tert-OH is 1. The van der Waals surface area contributed by atoms with Crippen LogP contribution in [-0.4, -0.2) is 22.7 Å². The highest BCUT2D eigenvalue weighted by atomic mass is 19.4. The highest BCUT2D eigenvalue weighted by molar-refractivity contribution is 5.92. The zero-order valence-electron chi connectivity index (χ0n) is 11.5. The first-order valence-corrected chi connectivity index (χ1v) is 6.34. The van der Waals surface area contributed by atoms with Crippen LogP contribution in [0.4, 0.5) is 13.2 Å². The number of nitrogens with zero attached hydrogens (tertiary/aromatic N) is 1. The fraction of sp³-hybridized carbons (Fsp3) is 0.286. The number of aliphatic hydroxyl groups is 1. The fourth-order valence-electron chi connectivity index (χ4n) is 1.91. The van der Waals surface area contributed by atoms with Crippen molar-refractivity contribution >= 4 is 5.91 Å². The van der Waals surface area contributed by atoms with Crippen LogP contribution >= 0.6 is 0 Å². The van der Waals surface area contributed by atoms with E-state index in [1.54, 1.807) is 6.92 Å². The van der Waals surface area contributed by atoms with Crippen molar-refractivity contribution in [3.8, 4) is 0 Å². The molecule has 1 aromatic heterocycles. The van der Waals surface area contributed by atoms with Gasteiger partial charge in [-0.2, -0.15) is 13.2 Å². The molecule has 0 spiro atoms. The van der Waals surface area contributed by atoms with E-state index in [0.29, 0.717) is 5.76 Å². The van der Waals surface area contributed by atoms with Crippen LogP contribution in [0.5, 0.6) is 0 Å². The monoisotopic (exact) mass is 314 g/mol. The van der Waals surface area contributed by atoms with Gasteiger partial charge in [0.25, 0.3) is 5.91 Å². The number of hydrogen-bond acceptors (Lipinski definition) is 4. The molecule has 2 rings (SSSR count). The lowest BCUT2D eigenvalue weighted by Crippen LogP contribution is -2.29. The Morgan fingerprint density at radius 2 is 2.09 bits per heavy atom. The van der Waals surface area contributed by atoms with Crippen LogP contribution in [0, 0.1) is 6.92 Å². The molecule has 1 aromatic carbocycles. The highest BCUT2D eigenvalue weighted by Gasteiger charge is 2.34. The maximum atomic E-state index is 12.9. The van der Waals surface area contributed by atoms with Crippen molar-refractivity contribution in [3.05, 3.63) is 52.9 Å². The SMILES string of the molecule is Cc1cc(C(=O)NC[C@H](O)c2ccccc2C(F)(F)F)no1. The number of hydrogen-bond donors (Lipinski definition) is 2. The summed E-state index contributed by atoms with van der Waals surface area (Å²) in [4.78, 5) is 11.7. The summed E-state index contributed by atoms with van der Waals surface area (Å²) in [5.74, 6) is -0.214. The molecular formula is C14H13F3N2O3. The minimum atomic E-state index is -4.58. The molecule has 0 unspecified atom stereocenters. The molecule has 2 aromatic rings. The van der Waals surface area contributed by atoms with Crippen molar-refractivity contribution < 1.29 is 27.6 Å². The minimum Gasteiger partial charge on any atom is -0.387 e. The Morgan fingerprint density at radius 3 is 2.68 bits per heavy atom. The predicted octanol–water partition coefficient (Wildman–Crippen LogP) is 2.47. The molecule has 1 amide bonds. The predicted molar refractivity (Wildman–Crippen MR) is 70.0 cm³/mol. The molecule has 0 saturated carbocycles. The van der Waals surface area contributed by atoms with Crippen LogP contribution < -0.4 is 5.32 Å². The second kappa shape index (κ2) is 6.18. The molecule has 0 fully saturated rings. The molecular weight excluding hydrogens is 301 g/mol. The molecule has 5 nitrogen and oxygen atoms in total. The molecule has 22 heavy (non-hydrogen) atoms. The highest BCUT2D eigenvalue weighted by Crippen LogP contribution is 2.34. The van der Waals surface area contributed by atoms with Gasteiger partial charge in [-0.25, -0.2) is 0 Å². The molecule has 2 N–H and O–H groups in total. The van der Waals surface area contributed by atoms with Gasteiger partial charge in [-0.05, 0) is 18.6 Å². The Balaban J connectivity index is 2.07. The summed E-state index contributed by atoms with van der Waals surface area (Å²) in [5, 5.41) is 15.7. The van der Waals surface area contributed by atoms with E-state index >= 15 is 0 Å². The minimum absolute atomic E-state index is 0.00573. The molecule has 0 bridgehead atoms. The smallest absolute Gasteiger partial charge is 0.387 e. The normalized spacial score (nSPS) is 13.0. The number of nitrogens with one attached hydrogen (secondary N) is 1. The molecule has 118 valence electrons. The van der Waals surface area contributed by atoms with E-state index in [-0.39, 0.29) is 17.8 Å². The van der Waals surface area contributed by atoms with Crippen molar-refractivity contribution in [1.29, 1.82) is 0 Å². The quantitative estimate of drug-likeness (QED) is 0.909. The number of rotatable bonds is 4. The summed E-state index contributed by atoms with van der Waals surface area (Å²) < 4.78 is 43.3.